The molecule has 0 aliphatic carbocycles. The van der Waals surface area contributed by atoms with Crippen LogP contribution in [0.3, 0.4) is 0 Å². The largest absolute Gasteiger partial charge is 0.469 e. The Bertz CT molecular complexity index is 424. The van der Waals surface area contributed by atoms with Gasteiger partial charge in [-0.05, 0) is 18.1 Å². The van der Waals surface area contributed by atoms with E-state index in [0.29, 0.717) is 5.56 Å². The second kappa shape index (κ2) is 6.64. The number of nitriles is 1. The van der Waals surface area contributed by atoms with Crippen molar-refractivity contribution >= 4 is 5.97 Å². The number of esters is 1. The lowest BCUT2D eigenvalue weighted by atomic mass is 9.94. The Balaban J connectivity index is 2.95. The number of carbonyl (C=O) groups is 1. The molecular weight excluding hydrogens is 216 g/mol. The fraction of sp³-hybridized carbons (Fsp3) is 0.462. The van der Waals surface area contributed by atoms with Crippen LogP contribution in [-0.2, 0) is 9.53 Å². The normalized spacial score (nSPS) is 11.6. The summed E-state index contributed by atoms with van der Waals surface area (Å²) in [5, 5.41) is 8.81. The third kappa shape index (κ3) is 3.56. The molecule has 1 aromatic rings. The lowest BCUT2D eigenvalue weighted by Crippen LogP contribution is -2.14. The Morgan fingerprint density at radius 2 is 2.35 bits per heavy atom. The summed E-state index contributed by atoms with van der Waals surface area (Å²) in [5.74, 6) is -0.587. The Morgan fingerprint density at radius 1 is 1.59 bits per heavy atom. The molecule has 1 heterocycles. The molecular formula is C13H16N2O2. The molecule has 0 saturated carbocycles. The average Bonchev–Trinajstić information content (AvgIpc) is 2.39. The molecule has 0 spiro atoms. The highest BCUT2D eigenvalue weighted by atomic mass is 16.5. The highest BCUT2D eigenvalue weighted by Gasteiger charge is 2.21. The number of hydrogen-bond donors (Lipinski definition) is 0. The van der Waals surface area contributed by atoms with Crippen LogP contribution in [0.25, 0.3) is 0 Å². The van der Waals surface area contributed by atoms with Crippen LogP contribution in [-0.4, -0.2) is 18.1 Å². The maximum atomic E-state index is 11.7. The van der Waals surface area contributed by atoms with E-state index in [9.17, 15) is 4.79 Å². The Labute approximate surface area is 101 Å². The first-order valence-electron chi connectivity index (χ1n) is 5.65. The molecule has 0 amide bonds. The first kappa shape index (κ1) is 13.2. The van der Waals surface area contributed by atoms with E-state index < -0.39 is 0 Å². The average molecular weight is 232 g/mol. The van der Waals surface area contributed by atoms with Crippen molar-refractivity contribution in [3.8, 4) is 6.07 Å². The van der Waals surface area contributed by atoms with E-state index in [1.54, 1.807) is 12.3 Å². The molecule has 0 radical (unpaired) electrons. The van der Waals surface area contributed by atoms with Gasteiger partial charge in [0.1, 0.15) is 6.07 Å². The van der Waals surface area contributed by atoms with Crippen LogP contribution in [0.1, 0.15) is 43.2 Å². The summed E-state index contributed by atoms with van der Waals surface area (Å²) in [6.45, 7) is 2.07. The van der Waals surface area contributed by atoms with E-state index in [1.165, 1.54) is 13.3 Å². The van der Waals surface area contributed by atoms with Gasteiger partial charge >= 0.3 is 5.97 Å². The number of methoxy groups -OCH3 is 1. The number of nitrogens with zero attached hydrogens (tertiary/aromatic N) is 2. The summed E-state index contributed by atoms with van der Waals surface area (Å²) in [6, 6.07) is 3.72. The van der Waals surface area contributed by atoms with Crippen molar-refractivity contribution in [2.75, 3.05) is 7.11 Å². The van der Waals surface area contributed by atoms with Gasteiger partial charge in [0.2, 0.25) is 0 Å². The molecule has 17 heavy (non-hydrogen) atoms. The second-order valence-electron chi connectivity index (χ2n) is 3.84. The van der Waals surface area contributed by atoms with Gasteiger partial charge in [0.05, 0.1) is 18.6 Å². The van der Waals surface area contributed by atoms with Crippen LogP contribution < -0.4 is 0 Å². The van der Waals surface area contributed by atoms with Gasteiger partial charge in [0.25, 0.3) is 0 Å². The molecule has 1 unspecified atom stereocenters. The van der Waals surface area contributed by atoms with Crippen molar-refractivity contribution in [1.29, 1.82) is 5.26 Å². The third-order valence-corrected chi connectivity index (χ3v) is 2.62. The summed E-state index contributed by atoms with van der Waals surface area (Å²) in [4.78, 5) is 15.7. The van der Waals surface area contributed by atoms with Crippen molar-refractivity contribution in [1.82, 2.24) is 4.98 Å². The van der Waals surface area contributed by atoms with Gasteiger partial charge in [0, 0.05) is 12.4 Å². The molecule has 0 aromatic carbocycles. The number of ether oxygens (including phenoxy) is 1. The summed E-state index contributed by atoms with van der Waals surface area (Å²) >= 11 is 0. The van der Waals surface area contributed by atoms with E-state index in [0.717, 1.165) is 24.8 Å². The van der Waals surface area contributed by atoms with Gasteiger partial charge in [-0.3, -0.25) is 9.78 Å². The maximum absolute atomic E-state index is 11.7. The third-order valence-electron chi connectivity index (χ3n) is 2.62. The predicted molar refractivity (Wildman–Crippen MR) is 63.2 cm³/mol. The van der Waals surface area contributed by atoms with Crippen molar-refractivity contribution < 1.29 is 9.53 Å². The van der Waals surface area contributed by atoms with Crippen molar-refractivity contribution in [2.45, 2.75) is 32.1 Å². The minimum atomic E-state index is -0.319. The highest BCUT2D eigenvalue weighted by Crippen LogP contribution is 2.23. The lowest BCUT2D eigenvalue weighted by molar-refractivity contribution is -0.142. The lowest BCUT2D eigenvalue weighted by Gasteiger charge is -2.14. The highest BCUT2D eigenvalue weighted by molar-refractivity contribution is 5.78. The van der Waals surface area contributed by atoms with Crippen molar-refractivity contribution in [3.63, 3.8) is 0 Å². The van der Waals surface area contributed by atoms with E-state index in [-0.39, 0.29) is 11.9 Å². The quantitative estimate of drug-likeness (QED) is 0.731. The van der Waals surface area contributed by atoms with Gasteiger partial charge in [-0.2, -0.15) is 5.26 Å². The molecule has 0 aliphatic rings. The number of rotatable bonds is 5. The van der Waals surface area contributed by atoms with Crippen LogP contribution in [0.2, 0.25) is 0 Å². The van der Waals surface area contributed by atoms with E-state index in [4.69, 9.17) is 10.00 Å². The Morgan fingerprint density at radius 3 is 2.94 bits per heavy atom. The van der Waals surface area contributed by atoms with Gasteiger partial charge in [0.15, 0.2) is 0 Å². The fourth-order valence-corrected chi connectivity index (χ4v) is 1.68. The summed E-state index contributed by atoms with van der Waals surface area (Å²) in [6.07, 6.45) is 5.78. The Kier molecular flexibility index (Phi) is 5.15. The molecule has 0 aliphatic heterocycles. The number of carbonyl (C=O) groups excluding carboxylic acids is 1. The van der Waals surface area contributed by atoms with Crippen LogP contribution in [0.15, 0.2) is 18.5 Å². The van der Waals surface area contributed by atoms with Gasteiger partial charge in [-0.25, -0.2) is 0 Å². The van der Waals surface area contributed by atoms with Crippen molar-refractivity contribution in [3.05, 3.63) is 29.6 Å². The molecule has 0 saturated heterocycles. The molecule has 4 heteroatoms. The minimum absolute atomic E-state index is 0.268. The van der Waals surface area contributed by atoms with Crippen LogP contribution in [0.5, 0.6) is 0 Å². The number of aromatic nitrogens is 1. The smallest absolute Gasteiger partial charge is 0.313 e. The topological polar surface area (TPSA) is 63.0 Å². The molecule has 0 fully saturated rings. The first-order chi connectivity index (χ1) is 8.22. The molecule has 90 valence electrons. The van der Waals surface area contributed by atoms with Crippen LogP contribution in [0.4, 0.5) is 0 Å². The van der Waals surface area contributed by atoms with E-state index >= 15 is 0 Å². The molecule has 0 N–H and O–H groups in total. The zero-order chi connectivity index (χ0) is 12.7. The zero-order valence-electron chi connectivity index (χ0n) is 10.1. The summed E-state index contributed by atoms with van der Waals surface area (Å²) < 4.78 is 4.79. The SMILES string of the molecule is CCCCC(C(=O)OC)c1cncc(C#N)c1. The van der Waals surface area contributed by atoms with Crippen molar-refractivity contribution in [2.24, 2.45) is 0 Å². The van der Waals surface area contributed by atoms with Crippen LogP contribution in [0, 0.1) is 11.3 Å². The first-order valence-corrected chi connectivity index (χ1v) is 5.65. The molecule has 1 atom stereocenters. The summed E-state index contributed by atoms with van der Waals surface area (Å²) in [7, 11) is 1.38. The fourth-order valence-electron chi connectivity index (χ4n) is 1.68. The van der Waals surface area contributed by atoms with E-state index in [1.807, 2.05) is 6.07 Å². The summed E-state index contributed by atoms with van der Waals surface area (Å²) in [5.41, 5.74) is 1.22. The Hall–Kier alpha value is -1.89. The molecule has 1 rings (SSSR count). The molecule has 4 nitrogen and oxygen atoms in total. The van der Waals surface area contributed by atoms with Crippen LogP contribution >= 0.6 is 0 Å². The van der Waals surface area contributed by atoms with Gasteiger partial charge in [-0.15, -0.1) is 0 Å². The minimum Gasteiger partial charge on any atom is -0.469 e. The number of hydrogen-bond acceptors (Lipinski definition) is 4. The zero-order valence-corrected chi connectivity index (χ0v) is 10.1. The van der Waals surface area contributed by atoms with Gasteiger partial charge < -0.3 is 4.74 Å². The second-order valence-corrected chi connectivity index (χ2v) is 3.84. The standard InChI is InChI=1S/C13H16N2O2/c1-3-4-5-12(13(16)17-2)11-6-10(7-14)8-15-9-11/h6,8-9,12H,3-5H2,1-2H3. The molecule has 1 aromatic heterocycles. The number of pyridine rings is 1. The van der Waals surface area contributed by atoms with E-state index in [2.05, 4.69) is 11.9 Å². The predicted octanol–water partition coefficient (Wildman–Crippen LogP) is 2.40. The number of unbranched alkanes of at least 4 members (excludes halogenated alkanes) is 1. The monoisotopic (exact) mass is 232 g/mol. The van der Waals surface area contributed by atoms with Gasteiger partial charge in [-0.1, -0.05) is 19.8 Å². The molecule has 0 bridgehead atoms. The maximum Gasteiger partial charge on any atom is 0.313 e.